The van der Waals surface area contributed by atoms with Crippen molar-refractivity contribution in [2.24, 2.45) is 0 Å². The Hall–Kier alpha value is -1.78. The van der Waals surface area contributed by atoms with Gasteiger partial charge in [-0.05, 0) is 52.7 Å². The van der Waals surface area contributed by atoms with Gasteiger partial charge in [0.15, 0.2) is 0 Å². The Morgan fingerprint density at radius 1 is 1.10 bits per heavy atom. The molecule has 3 aromatic rings. The Balaban J connectivity index is 1.90. The highest BCUT2D eigenvalue weighted by molar-refractivity contribution is 9.10. The van der Waals surface area contributed by atoms with E-state index in [2.05, 4.69) is 21.2 Å². The second-order valence-electron chi connectivity index (χ2n) is 4.27. The number of hydrogen-bond acceptors (Lipinski definition) is 2. The first-order chi connectivity index (χ1) is 9.63. The normalized spacial score (nSPS) is 10.7. The number of halogens is 2. The van der Waals surface area contributed by atoms with Crippen molar-refractivity contribution in [2.75, 3.05) is 5.32 Å². The van der Waals surface area contributed by atoms with E-state index in [0.717, 1.165) is 15.2 Å². The van der Waals surface area contributed by atoms with Crippen molar-refractivity contribution in [1.82, 2.24) is 0 Å². The number of carbonyl (C=O) groups is 1. The maximum Gasteiger partial charge on any atom is 0.260 e. The monoisotopic (exact) mass is 349 g/mol. The number of benzene rings is 2. The highest BCUT2D eigenvalue weighted by atomic mass is 79.9. The van der Waals surface area contributed by atoms with Gasteiger partial charge in [0.1, 0.15) is 0 Å². The summed E-state index contributed by atoms with van der Waals surface area (Å²) in [5.74, 6) is -0.291. The van der Waals surface area contributed by atoms with Crippen LogP contribution >= 0.6 is 27.5 Å². The van der Waals surface area contributed by atoms with Crippen LogP contribution in [0, 0.1) is 0 Å². The SMILES string of the molecule is O=C(Nc1ccc2cc(Br)ccc2c1)c1ccoc1Cl. The van der Waals surface area contributed by atoms with Crippen molar-refractivity contribution < 1.29 is 9.21 Å². The molecule has 20 heavy (non-hydrogen) atoms. The zero-order chi connectivity index (χ0) is 14.1. The van der Waals surface area contributed by atoms with Crippen molar-refractivity contribution in [2.45, 2.75) is 0 Å². The number of fused-ring (bicyclic) bond motifs is 1. The molecule has 0 fully saturated rings. The van der Waals surface area contributed by atoms with Gasteiger partial charge >= 0.3 is 0 Å². The van der Waals surface area contributed by atoms with Crippen molar-refractivity contribution >= 4 is 49.9 Å². The van der Waals surface area contributed by atoms with Crippen molar-refractivity contribution in [1.29, 1.82) is 0 Å². The number of hydrogen-bond donors (Lipinski definition) is 1. The maximum atomic E-state index is 12.0. The molecule has 0 radical (unpaired) electrons. The molecule has 0 aliphatic rings. The fourth-order valence-corrected chi connectivity index (χ4v) is 2.53. The van der Waals surface area contributed by atoms with Gasteiger partial charge < -0.3 is 9.73 Å². The van der Waals surface area contributed by atoms with Crippen LogP contribution < -0.4 is 5.32 Å². The molecular weight excluding hydrogens is 342 g/mol. The van der Waals surface area contributed by atoms with Crippen LogP contribution in [0.5, 0.6) is 0 Å². The van der Waals surface area contributed by atoms with Gasteiger partial charge in [0.2, 0.25) is 5.22 Å². The van der Waals surface area contributed by atoms with E-state index < -0.39 is 0 Å². The molecule has 0 atom stereocenters. The highest BCUT2D eigenvalue weighted by Crippen LogP contribution is 2.24. The molecule has 3 nitrogen and oxygen atoms in total. The molecule has 0 saturated carbocycles. The standard InChI is InChI=1S/C15H9BrClNO2/c16-11-3-1-10-8-12(4-2-9(10)7-11)18-15(19)13-5-6-20-14(13)17/h1-8H,(H,18,19). The minimum Gasteiger partial charge on any atom is -0.452 e. The quantitative estimate of drug-likeness (QED) is 0.698. The van der Waals surface area contributed by atoms with Crippen LogP contribution in [0.15, 0.2) is 57.6 Å². The second-order valence-corrected chi connectivity index (χ2v) is 5.53. The van der Waals surface area contributed by atoms with E-state index >= 15 is 0 Å². The summed E-state index contributed by atoms with van der Waals surface area (Å²) < 4.78 is 5.93. The van der Waals surface area contributed by atoms with E-state index in [0.29, 0.717) is 11.3 Å². The van der Waals surface area contributed by atoms with Crippen LogP contribution in [-0.2, 0) is 0 Å². The Bertz CT molecular complexity index is 797. The van der Waals surface area contributed by atoms with Crippen LogP contribution in [0.4, 0.5) is 5.69 Å². The van der Waals surface area contributed by atoms with Gasteiger partial charge in [-0.25, -0.2) is 0 Å². The van der Waals surface area contributed by atoms with Crippen LogP contribution in [-0.4, -0.2) is 5.91 Å². The predicted molar refractivity (Wildman–Crippen MR) is 83.3 cm³/mol. The minimum absolute atomic E-state index is 0.0900. The number of furan rings is 1. The number of carbonyl (C=O) groups excluding carboxylic acids is 1. The summed E-state index contributed by atoms with van der Waals surface area (Å²) in [5.41, 5.74) is 1.03. The van der Waals surface area contributed by atoms with Gasteiger partial charge in [0, 0.05) is 10.2 Å². The van der Waals surface area contributed by atoms with Gasteiger partial charge in [0.25, 0.3) is 5.91 Å². The minimum atomic E-state index is -0.291. The third-order valence-electron chi connectivity index (χ3n) is 2.92. The largest absolute Gasteiger partial charge is 0.452 e. The van der Waals surface area contributed by atoms with Crippen LogP contribution in [0.25, 0.3) is 10.8 Å². The van der Waals surface area contributed by atoms with Crippen LogP contribution in [0.3, 0.4) is 0 Å². The average molecular weight is 351 g/mol. The van der Waals surface area contributed by atoms with Crippen molar-refractivity contribution in [3.8, 4) is 0 Å². The van der Waals surface area contributed by atoms with Crippen LogP contribution in [0.2, 0.25) is 5.22 Å². The molecule has 5 heteroatoms. The molecule has 0 unspecified atom stereocenters. The Kier molecular flexibility index (Phi) is 3.51. The molecular formula is C15H9BrClNO2. The molecule has 1 heterocycles. The number of anilines is 1. The molecule has 2 aromatic carbocycles. The maximum absolute atomic E-state index is 12.0. The second kappa shape index (κ2) is 5.31. The molecule has 0 bridgehead atoms. The van der Waals surface area contributed by atoms with E-state index in [1.807, 2.05) is 36.4 Å². The third kappa shape index (κ3) is 2.57. The van der Waals surface area contributed by atoms with Crippen molar-refractivity contribution in [3.63, 3.8) is 0 Å². The first kappa shape index (κ1) is 13.2. The lowest BCUT2D eigenvalue weighted by molar-refractivity contribution is 0.102. The number of amides is 1. The summed E-state index contributed by atoms with van der Waals surface area (Å²) >= 11 is 9.21. The van der Waals surface area contributed by atoms with E-state index in [4.69, 9.17) is 16.0 Å². The zero-order valence-corrected chi connectivity index (χ0v) is 12.5. The van der Waals surface area contributed by atoms with E-state index in [9.17, 15) is 4.79 Å². The van der Waals surface area contributed by atoms with E-state index in [-0.39, 0.29) is 11.1 Å². The van der Waals surface area contributed by atoms with E-state index in [1.165, 1.54) is 12.3 Å². The van der Waals surface area contributed by atoms with Gasteiger partial charge in [-0.1, -0.05) is 28.1 Å². The smallest absolute Gasteiger partial charge is 0.260 e. The van der Waals surface area contributed by atoms with Gasteiger partial charge in [-0.15, -0.1) is 0 Å². The zero-order valence-electron chi connectivity index (χ0n) is 10.2. The molecule has 0 saturated heterocycles. The summed E-state index contributed by atoms with van der Waals surface area (Å²) in [6.45, 7) is 0. The van der Waals surface area contributed by atoms with E-state index in [1.54, 1.807) is 0 Å². The van der Waals surface area contributed by atoms with Crippen LogP contribution in [0.1, 0.15) is 10.4 Å². The number of nitrogens with one attached hydrogen (secondary N) is 1. The molecule has 3 rings (SSSR count). The molecule has 1 amide bonds. The topological polar surface area (TPSA) is 42.2 Å². The fraction of sp³-hybridized carbons (Fsp3) is 0. The average Bonchev–Trinajstić information content (AvgIpc) is 2.85. The van der Waals surface area contributed by atoms with Gasteiger partial charge in [-0.2, -0.15) is 0 Å². The summed E-state index contributed by atoms with van der Waals surface area (Å²) in [4.78, 5) is 12.0. The lowest BCUT2D eigenvalue weighted by atomic mass is 10.1. The lowest BCUT2D eigenvalue weighted by Crippen LogP contribution is -2.11. The molecule has 0 spiro atoms. The predicted octanol–water partition coefficient (Wildman–Crippen LogP) is 5.10. The first-order valence-corrected chi connectivity index (χ1v) is 7.04. The molecule has 0 aliphatic carbocycles. The molecule has 0 aliphatic heterocycles. The molecule has 100 valence electrons. The molecule has 1 N–H and O–H groups in total. The number of rotatable bonds is 2. The van der Waals surface area contributed by atoms with Gasteiger partial charge in [-0.3, -0.25) is 4.79 Å². The Morgan fingerprint density at radius 3 is 2.60 bits per heavy atom. The first-order valence-electron chi connectivity index (χ1n) is 5.87. The lowest BCUT2D eigenvalue weighted by Gasteiger charge is -2.06. The summed E-state index contributed by atoms with van der Waals surface area (Å²) in [7, 11) is 0. The summed E-state index contributed by atoms with van der Waals surface area (Å²) in [6.07, 6.45) is 1.38. The third-order valence-corrected chi connectivity index (χ3v) is 3.71. The summed E-state index contributed by atoms with van der Waals surface area (Å²) in [5, 5.41) is 5.03. The fourth-order valence-electron chi connectivity index (χ4n) is 1.95. The van der Waals surface area contributed by atoms with Gasteiger partial charge in [0.05, 0.1) is 11.8 Å². The highest BCUT2D eigenvalue weighted by Gasteiger charge is 2.13. The Morgan fingerprint density at radius 2 is 1.85 bits per heavy atom. The van der Waals surface area contributed by atoms with Crippen molar-refractivity contribution in [3.05, 3.63) is 64.0 Å². The Labute approximate surface area is 128 Å². The molecule has 1 aromatic heterocycles. The summed E-state index contributed by atoms with van der Waals surface area (Å²) in [6, 6.07) is 13.2.